The Balaban J connectivity index is 1.86. The van der Waals surface area contributed by atoms with E-state index in [0.717, 1.165) is 43.3 Å². The van der Waals surface area contributed by atoms with Crippen LogP contribution in [0.25, 0.3) is 11.0 Å². The Bertz CT molecular complexity index is 590. The van der Waals surface area contributed by atoms with Crippen molar-refractivity contribution in [2.24, 2.45) is 11.7 Å². The minimum atomic E-state index is 0.00562. The number of imidazole rings is 1. The van der Waals surface area contributed by atoms with Gasteiger partial charge in [-0.25, -0.2) is 4.79 Å². The third-order valence-corrected chi connectivity index (χ3v) is 4.01. The van der Waals surface area contributed by atoms with E-state index in [1.165, 1.54) is 0 Å². The van der Waals surface area contributed by atoms with Crippen molar-refractivity contribution in [2.45, 2.75) is 38.3 Å². The number of fused-ring (bicyclic) bond motifs is 1. The van der Waals surface area contributed by atoms with Crippen LogP contribution in [-0.2, 0) is 6.54 Å². The van der Waals surface area contributed by atoms with Gasteiger partial charge in [0, 0.05) is 12.6 Å². The second-order valence-electron chi connectivity index (χ2n) is 5.34. The molecule has 96 valence electrons. The highest BCUT2D eigenvalue weighted by atomic mass is 16.1. The second kappa shape index (κ2) is 4.61. The van der Waals surface area contributed by atoms with Crippen LogP contribution in [0.2, 0.25) is 0 Å². The maximum Gasteiger partial charge on any atom is 0.326 e. The van der Waals surface area contributed by atoms with Gasteiger partial charge in [0.2, 0.25) is 0 Å². The van der Waals surface area contributed by atoms with Crippen molar-refractivity contribution in [3.8, 4) is 0 Å². The van der Waals surface area contributed by atoms with Crippen LogP contribution in [-0.4, -0.2) is 15.6 Å². The van der Waals surface area contributed by atoms with Crippen molar-refractivity contribution in [2.75, 3.05) is 0 Å². The quantitative estimate of drug-likeness (QED) is 0.848. The van der Waals surface area contributed by atoms with E-state index in [4.69, 9.17) is 5.73 Å². The van der Waals surface area contributed by atoms with Crippen molar-refractivity contribution < 1.29 is 0 Å². The van der Waals surface area contributed by atoms with E-state index in [0.29, 0.717) is 12.0 Å². The summed E-state index contributed by atoms with van der Waals surface area (Å²) in [6.07, 6.45) is 4.43. The molecular formula is C14H19N3O. The molecule has 0 unspecified atom stereocenters. The predicted octanol–water partition coefficient (Wildman–Crippen LogP) is 1.85. The molecule has 1 heterocycles. The Labute approximate surface area is 106 Å². The van der Waals surface area contributed by atoms with Crippen LogP contribution in [0.15, 0.2) is 29.1 Å². The minimum Gasteiger partial charge on any atom is -0.328 e. The van der Waals surface area contributed by atoms with Gasteiger partial charge in [0.25, 0.3) is 0 Å². The Hall–Kier alpha value is -1.55. The number of rotatable bonds is 2. The number of nitrogens with two attached hydrogens (primary N) is 1. The standard InChI is InChI=1S/C14H19N3O/c15-11-7-5-10(6-8-11)9-17-13-4-2-1-3-12(13)16-14(17)18/h1-4,10-11H,5-9,15H2,(H,16,18)/t10-,11+. The summed E-state index contributed by atoms with van der Waals surface area (Å²) in [5, 5.41) is 0. The van der Waals surface area contributed by atoms with Crippen molar-refractivity contribution in [3.63, 3.8) is 0 Å². The van der Waals surface area contributed by atoms with Crippen molar-refractivity contribution in [1.29, 1.82) is 0 Å². The molecule has 0 aliphatic heterocycles. The SMILES string of the molecule is N[C@H]1CC[C@@H](Cn2c(=O)[nH]c3ccccc32)CC1. The molecule has 1 saturated carbocycles. The molecular weight excluding hydrogens is 226 g/mol. The fourth-order valence-electron chi connectivity index (χ4n) is 2.92. The summed E-state index contributed by atoms with van der Waals surface area (Å²) in [5.41, 5.74) is 7.86. The lowest BCUT2D eigenvalue weighted by atomic mass is 9.86. The summed E-state index contributed by atoms with van der Waals surface area (Å²) in [5.74, 6) is 0.585. The summed E-state index contributed by atoms with van der Waals surface area (Å²) < 4.78 is 1.87. The molecule has 3 rings (SSSR count). The topological polar surface area (TPSA) is 63.8 Å². The van der Waals surface area contributed by atoms with E-state index in [-0.39, 0.29) is 5.69 Å². The maximum atomic E-state index is 12.0. The number of benzene rings is 1. The summed E-state index contributed by atoms with van der Waals surface area (Å²) in [6.45, 7) is 0.815. The molecule has 1 aromatic heterocycles. The molecule has 4 nitrogen and oxygen atoms in total. The lowest BCUT2D eigenvalue weighted by Gasteiger charge is -2.26. The lowest BCUT2D eigenvalue weighted by Crippen LogP contribution is -2.30. The molecule has 0 atom stereocenters. The minimum absolute atomic E-state index is 0.00562. The number of para-hydroxylation sites is 2. The first kappa shape index (κ1) is 11.5. The highest BCUT2D eigenvalue weighted by Gasteiger charge is 2.20. The summed E-state index contributed by atoms with van der Waals surface area (Å²) in [6, 6.07) is 8.23. The average Bonchev–Trinajstić information content (AvgIpc) is 2.69. The Morgan fingerprint density at radius 2 is 1.94 bits per heavy atom. The second-order valence-corrected chi connectivity index (χ2v) is 5.34. The molecule has 18 heavy (non-hydrogen) atoms. The maximum absolute atomic E-state index is 12.0. The molecule has 4 heteroatoms. The Kier molecular flexibility index (Phi) is 2.96. The van der Waals surface area contributed by atoms with E-state index < -0.39 is 0 Å². The van der Waals surface area contributed by atoms with Crippen LogP contribution in [0, 0.1) is 5.92 Å². The first-order chi connectivity index (χ1) is 8.74. The van der Waals surface area contributed by atoms with Gasteiger partial charge < -0.3 is 10.7 Å². The van der Waals surface area contributed by atoms with Crippen LogP contribution in [0.1, 0.15) is 25.7 Å². The zero-order valence-electron chi connectivity index (χ0n) is 10.4. The number of nitrogens with one attached hydrogen (secondary N) is 1. The molecule has 1 aliphatic carbocycles. The van der Waals surface area contributed by atoms with Gasteiger partial charge in [0.05, 0.1) is 11.0 Å². The summed E-state index contributed by atoms with van der Waals surface area (Å²) in [4.78, 5) is 14.9. The zero-order valence-corrected chi connectivity index (χ0v) is 10.4. The third-order valence-electron chi connectivity index (χ3n) is 4.01. The first-order valence-corrected chi connectivity index (χ1v) is 6.67. The number of nitrogens with zero attached hydrogens (tertiary/aromatic N) is 1. The van der Waals surface area contributed by atoms with E-state index in [9.17, 15) is 4.79 Å². The van der Waals surface area contributed by atoms with Gasteiger partial charge >= 0.3 is 5.69 Å². The van der Waals surface area contributed by atoms with Crippen LogP contribution in [0.3, 0.4) is 0 Å². The van der Waals surface area contributed by atoms with Gasteiger partial charge in [-0.1, -0.05) is 12.1 Å². The van der Waals surface area contributed by atoms with Gasteiger partial charge in [0.15, 0.2) is 0 Å². The smallest absolute Gasteiger partial charge is 0.326 e. The molecule has 0 bridgehead atoms. The van der Waals surface area contributed by atoms with Gasteiger partial charge in [-0.3, -0.25) is 4.57 Å². The zero-order chi connectivity index (χ0) is 12.5. The fraction of sp³-hybridized carbons (Fsp3) is 0.500. The van der Waals surface area contributed by atoms with Gasteiger partial charge in [-0.2, -0.15) is 0 Å². The normalized spacial score (nSPS) is 24.5. The molecule has 2 aromatic rings. The van der Waals surface area contributed by atoms with Crippen molar-refractivity contribution in [1.82, 2.24) is 9.55 Å². The molecule has 3 N–H and O–H groups in total. The summed E-state index contributed by atoms with van der Waals surface area (Å²) in [7, 11) is 0. The summed E-state index contributed by atoms with van der Waals surface area (Å²) >= 11 is 0. The molecule has 1 aliphatic rings. The molecule has 1 fully saturated rings. The largest absolute Gasteiger partial charge is 0.328 e. The molecule has 1 aromatic carbocycles. The number of hydrogen-bond donors (Lipinski definition) is 2. The predicted molar refractivity (Wildman–Crippen MR) is 72.5 cm³/mol. The Morgan fingerprint density at radius 3 is 2.72 bits per heavy atom. The van der Waals surface area contributed by atoms with Crippen LogP contribution < -0.4 is 11.4 Å². The number of H-pyrrole nitrogens is 1. The molecule has 0 spiro atoms. The van der Waals surface area contributed by atoms with E-state index in [1.807, 2.05) is 28.8 Å². The van der Waals surface area contributed by atoms with Gasteiger partial charge in [0.1, 0.15) is 0 Å². The average molecular weight is 245 g/mol. The Morgan fingerprint density at radius 1 is 1.22 bits per heavy atom. The third kappa shape index (κ3) is 2.08. The number of aromatic amines is 1. The highest BCUT2D eigenvalue weighted by molar-refractivity contribution is 5.74. The monoisotopic (exact) mass is 245 g/mol. The van der Waals surface area contributed by atoms with Gasteiger partial charge in [-0.05, 0) is 43.7 Å². The molecule has 0 amide bonds. The van der Waals surface area contributed by atoms with Crippen molar-refractivity contribution in [3.05, 3.63) is 34.7 Å². The highest BCUT2D eigenvalue weighted by Crippen LogP contribution is 2.25. The lowest BCUT2D eigenvalue weighted by molar-refractivity contribution is 0.295. The van der Waals surface area contributed by atoms with Gasteiger partial charge in [-0.15, -0.1) is 0 Å². The molecule has 0 radical (unpaired) electrons. The van der Waals surface area contributed by atoms with Crippen LogP contribution in [0.4, 0.5) is 0 Å². The number of hydrogen-bond acceptors (Lipinski definition) is 2. The van der Waals surface area contributed by atoms with Crippen molar-refractivity contribution >= 4 is 11.0 Å². The fourth-order valence-corrected chi connectivity index (χ4v) is 2.92. The van der Waals surface area contributed by atoms with Crippen LogP contribution >= 0.6 is 0 Å². The van der Waals surface area contributed by atoms with E-state index in [2.05, 4.69) is 4.98 Å². The van der Waals surface area contributed by atoms with E-state index in [1.54, 1.807) is 0 Å². The van der Waals surface area contributed by atoms with E-state index >= 15 is 0 Å². The molecule has 0 saturated heterocycles. The number of aromatic nitrogens is 2. The van der Waals surface area contributed by atoms with Crippen LogP contribution in [0.5, 0.6) is 0 Å². The first-order valence-electron chi connectivity index (χ1n) is 6.67.